The zero-order valence-electron chi connectivity index (χ0n) is 11.2. The molecule has 3 nitrogen and oxygen atoms in total. The van der Waals surface area contributed by atoms with Crippen LogP contribution < -0.4 is 5.32 Å². The number of carbonyl (C=O) groups excluding carboxylic acids is 1. The van der Waals surface area contributed by atoms with Gasteiger partial charge < -0.3 is 5.32 Å². The first kappa shape index (κ1) is 13.6. The molecule has 0 bridgehead atoms. The number of benzene rings is 2. The van der Waals surface area contributed by atoms with Crippen molar-refractivity contribution in [3.05, 3.63) is 71.9 Å². The van der Waals surface area contributed by atoms with Crippen LogP contribution in [0.2, 0.25) is 0 Å². The van der Waals surface area contributed by atoms with Crippen LogP contribution in [0.4, 0.5) is 5.69 Å². The third-order valence-electron chi connectivity index (χ3n) is 3.26. The number of carbonyl (C=O) groups is 1. The molecule has 0 atom stereocenters. The Labute approximate surface area is 127 Å². The second-order valence-corrected chi connectivity index (χ2v) is 4.93. The topological polar surface area (TPSA) is 42.0 Å². The maximum Gasteiger partial charge on any atom is 0.255 e. The third kappa shape index (κ3) is 2.88. The van der Waals surface area contributed by atoms with Gasteiger partial charge in [0.1, 0.15) is 0 Å². The number of fused-ring (bicyclic) bond motifs is 1. The number of aromatic nitrogens is 1. The normalized spacial score (nSPS) is 10.5. The van der Waals surface area contributed by atoms with E-state index in [2.05, 4.69) is 10.3 Å². The predicted octanol–water partition coefficient (Wildman–Crippen LogP) is 4.23. The molecule has 1 aromatic heterocycles. The molecule has 1 amide bonds. The maximum absolute atomic E-state index is 12.3. The SMILES string of the molecule is O=C(Nc1cccc2ncccc12)c1ccc(CCl)cc1. The number of nitrogens with zero attached hydrogens (tertiary/aromatic N) is 1. The Hall–Kier alpha value is -2.39. The van der Waals surface area contributed by atoms with E-state index < -0.39 is 0 Å². The Kier molecular flexibility index (Phi) is 3.84. The van der Waals surface area contributed by atoms with E-state index in [-0.39, 0.29) is 5.91 Å². The highest BCUT2D eigenvalue weighted by Crippen LogP contribution is 2.22. The van der Waals surface area contributed by atoms with Crippen molar-refractivity contribution in [2.24, 2.45) is 0 Å². The van der Waals surface area contributed by atoms with Crippen molar-refractivity contribution in [1.82, 2.24) is 4.98 Å². The maximum atomic E-state index is 12.3. The van der Waals surface area contributed by atoms with Crippen LogP contribution in [-0.4, -0.2) is 10.9 Å². The third-order valence-corrected chi connectivity index (χ3v) is 3.57. The molecule has 3 aromatic rings. The number of nitrogens with one attached hydrogen (secondary N) is 1. The molecular weight excluding hydrogens is 284 g/mol. The highest BCUT2D eigenvalue weighted by atomic mass is 35.5. The van der Waals surface area contributed by atoms with E-state index in [1.54, 1.807) is 18.3 Å². The van der Waals surface area contributed by atoms with Gasteiger partial charge in [0, 0.05) is 23.0 Å². The Bertz CT molecular complexity index is 779. The minimum absolute atomic E-state index is 0.146. The van der Waals surface area contributed by atoms with Crippen molar-refractivity contribution in [2.45, 2.75) is 5.88 Å². The van der Waals surface area contributed by atoms with Gasteiger partial charge in [0.05, 0.1) is 11.2 Å². The number of amides is 1. The highest BCUT2D eigenvalue weighted by molar-refractivity contribution is 6.17. The van der Waals surface area contributed by atoms with Crippen molar-refractivity contribution < 1.29 is 4.79 Å². The Balaban J connectivity index is 1.89. The number of hydrogen-bond donors (Lipinski definition) is 1. The van der Waals surface area contributed by atoms with Gasteiger partial charge >= 0.3 is 0 Å². The lowest BCUT2D eigenvalue weighted by Crippen LogP contribution is -2.12. The first-order chi connectivity index (χ1) is 10.3. The summed E-state index contributed by atoms with van der Waals surface area (Å²) in [6.07, 6.45) is 1.73. The van der Waals surface area contributed by atoms with Crippen molar-refractivity contribution in [3.63, 3.8) is 0 Å². The fourth-order valence-corrected chi connectivity index (χ4v) is 2.33. The van der Waals surface area contributed by atoms with Crippen LogP contribution in [-0.2, 0) is 5.88 Å². The standard InChI is InChI=1S/C17H13ClN2O/c18-11-12-6-8-13(9-7-12)17(21)20-16-5-1-4-15-14(16)3-2-10-19-15/h1-10H,11H2,(H,20,21). The highest BCUT2D eigenvalue weighted by Gasteiger charge is 2.08. The average Bonchev–Trinajstić information content (AvgIpc) is 2.55. The van der Waals surface area contributed by atoms with E-state index >= 15 is 0 Å². The van der Waals surface area contributed by atoms with Crippen molar-refractivity contribution in [1.29, 1.82) is 0 Å². The fraction of sp³-hybridized carbons (Fsp3) is 0.0588. The van der Waals surface area contributed by atoms with Gasteiger partial charge in [-0.1, -0.05) is 18.2 Å². The van der Waals surface area contributed by atoms with Gasteiger partial charge in [-0.15, -0.1) is 11.6 Å². The Morgan fingerprint density at radius 1 is 1.05 bits per heavy atom. The van der Waals surface area contributed by atoms with Crippen molar-refractivity contribution >= 4 is 34.1 Å². The van der Waals surface area contributed by atoms with E-state index in [9.17, 15) is 4.79 Å². The Morgan fingerprint density at radius 2 is 1.86 bits per heavy atom. The summed E-state index contributed by atoms with van der Waals surface area (Å²) in [6.45, 7) is 0. The van der Waals surface area contributed by atoms with E-state index in [0.29, 0.717) is 11.4 Å². The van der Waals surface area contributed by atoms with E-state index in [1.807, 2.05) is 42.5 Å². The van der Waals surface area contributed by atoms with Crippen molar-refractivity contribution in [2.75, 3.05) is 5.32 Å². The summed E-state index contributed by atoms with van der Waals surface area (Å²) in [7, 11) is 0. The molecule has 0 aliphatic heterocycles. The minimum Gasteiger partial charge on any atom is -0.321 e. The molecule has 1 heterocycles. The van der Waals surface area contributed by atoms with Crippen LogP contribution in [0.1, 0.15) is 15.9 Å². The lowest BCUT2D eigenvalue weighted by Gasteiger charge is -2.08. The first-order valence-corrected chi connectivity index (χ1v) is 7.11. The largest absolute Gasteiger partial charge is 0.321 e. The lowest BCUT2D eigenvalue weighted by molar-refractivity contribution is 0.102. The van der Waals surface area contributed by atoms with Crippen LogP contribution in [0, 0.1) is 0 Å². The summed E-state index contributed by atoms with van der Waals surface area (Å²) in [5.74, 6) is 0.296. The molecule has 104 valence electrons. The van der Waals surface area contributed by atoms with Gasteiger partial charge in [0.15, 0.2) is 0 Å². The number of hydrogen-bond acceptors (Lipinski definition) is 2. The second kappa shape index (κ2) is 5.94. The van der Waals surface area contributed by atoms with Gasteiger partial charge in [-0.05, 0) is 42.0 Å². The summed E-state index contributed by atoms with van der Waals surface area (Å²) in [5, 5.41) is 3.85. The van der Waals surface area contributed by atoms with Crippen LogP contribution in [0.5, 0.6) is 0 Å². The molecule has 0 aliphatic rings. The number of pyridine rings is 1. The lowest BCUT2D eigenvalue weighted by atomic mass is 10.1. The zero-order valence-corrected chi connectivity index (χ0v) is 12.0. The minimum atomic E-state index is -0.146. The average molecular weight is 297 g/mol. The van der Waals surface area contributed by atoms with Crippen LogP contribution in [0.3, 0.4) is 0 Å². The summed E-state index contributed by atoms with van der Waals surface area (Å²) < 4.78 is 0. The van der Waals surface area contributed by atoms with Gasteiger partial charge in [-0.2, -0.15) is 0 Å². The molecule has 0 saturated heterocycles. The smallest absolute Gasteiger partial charge is 0.255 e. The monoisotopic (exact) mass is 296 g/mol. The molecule has 21 heavy (non-hydrogen) atoms. The predicted molar refractivity (Wildman–Crippen MR) is 85.7 cm³/mol. The summed E-state index contributed by atoms with van der Waals surface area (Å²) in [4.78, 5) is 16.6. The molecule has 0 fully saturated rings. The second-order valence-electron chi connectivity index (χ2n) is 4.66. The molecule has 3 rings (SSSR count). The zero-order chi connectivity index (χ0) is 14.7. The molecule has 0 unspecified atom stereocenters. The fourth-order valence-electron chi connectivity index (χ4n) is 2.15. The number of rotatable bonds is 3. The van der Waals surface area contributed by atoms with Crippen molar-refractivity contribution in [3.8, 4) is 0 Å². The van der Waals surface area contributed by atoms with Gasteiger partial charge in [0.25, 0.3) is 5.91 Å². The molecule has 2 aromatic carbocycles. The van der Waals surface area contributed by atoms with E-state index in [1.165, 1.54) is 0 Å². The Morgan fingerprint density at radius 3 is 2.62 bits per heavy atom. The summed E-state index contributed by atoms with van der Waals surface area (Å²) >= 11 is 5.75. The van der Waals surface area contributed by atoms with E-state index in [0.717, 1.165) is 22.2 Å². The van der Waals surface area contributed by atoms with Crippen LogP contribution >= 0.6 is 11.6 Å². The number of anilines is 1. The van der Waals surface area contributed by atoms with Crippen LogP contribution in [0.25, 0.3) is 10.9 Å². The summed E-state index contributed by atoms with van der Waals surface area (Å²) in [5.41, 5.74) is 3.20. The molecule has 0 saturated carbocycles. The van der Waals surface area contributed by atoms with E-state index in [4.69, 9.17) is 11.6 Å². The van der Waals surface area contributed by atoms with Gasteiger partial charge in [-0.25, -0.2) is 0 Å². The number of alkyl halides is 1. The molecule has 0 radical (unpaired) electrons. The molecule has 0 aliphatic carbocycles. The summed E-state index contributed by atoms with van der Waals surface area (Å²) in [6, 6.07) is 16.7. The molecular formula is C17H13ClN2O. The number of halogens is 1. The first-order valence-electron chi connectivity index (χ1n) is 6.58. The van der Waals surface area contributed by atoms with Crippen LogP contribution in [0.15, 0.2) is 60.8 Å². The molecule has 4 heteroatoms. The van der Waals surface area contributed by atoms with Gasteiger partial charge in [-0.3, -0.25) is 9.78 Å². The van der Waals surface area contributed by atoms with Gasteiger partial charge in [0.2, 0.25) is 0 Å². The molecule has 1 N–H and O–H groups in total. The molecule has 0 spiro atoms. The quantitative estimate of drug-likeness (QED) is 0.735.